The Bertz CT molecular complexity index is 517. The lowest BCUT2D eigenvalue weighted by Crippen LogP contribution is -2.16. The Balaban J connectivity index is 1.62. The summed E-state index contributed by atoms with van der Waals surface area (Å²) in [4.78, 5) is 4.31. The first-order valence-electron chi connectivity index (χ1n) is 6.14. The molecule has 5 nitrogen and oxygen atoms in total. The van der Waals surface area contributed by atoms with Crippen molar-refractivity contribution in [2.45, 2.75) is 19.4 Å². The van der Waals surface area contributed by atoms with Gasteiger partial charge in [-0.05, 0) is 49.6 Å². The van der Waals surface area contributed by atoms with Gasteiger partial charge >= 0.3 is 0 Å². The molecule has 2 N–H and O–H groups in total. The van der Waals surface area contributed by atoms with E-state index in [4.69, 9.17) is 4.52 Å². The molecular weight excluding hydrogens is 230 g/mol. The minimum atomic E-state index is 0.230. The second-order valence-electron chi connectivity index (χ2n) is 4.63. The number of aromatic nitrogens is 2. The summed E-state index contributed by atoms with van der Waals surface area (Å²) in [5, 5.41) is 16.4. The van der Waals surface area contributed by atoms with E-state index in [9.17, 15) is 5.11 Å². The Morgan fingerprint density at radius 1 is 1.28 bits per heavy atom. The molecule has 0 atom stereocenters. The van der Waals surface area contributed by atoms with E-state index in [-0.39, 0.29) is 5.75 Å². The molecule has 0 spiro atoms. The maximum absolute atomic E-state index is 9.21. The summed E-state index contributed by atoms with van der Waals surface area (Å²) in [6.07, 6.45) is 2.66. The average molecular weight is 245 g/mol. The van der Waals surface area contributed by atoms with Gasteiger partial charge < -0.3 is 14.9 Å². The van der Waals surface area contributed by atoms with Gasteiger partial charge in [0, 0.05) is 5.56 Å². The van der Waals surface area contributed by atoms with Gasteiger partial charge in [-0.2, -0.15) is 4.98 Å². The topological polar surface area (TPSA) is 71.2 Å². The second kappa shape index (κ2) is 4.78. The van der Waals surface area contributed by atoms with Crippen LogP contribution in [0.25, 0.3) is 11.4 Å². The molecule has 1 fully saturated rings. The highest BCUT2D eigenvalue weighted by Crippen LogP contribution is 2.27. The van der Waals surface area contributed by atoms with E-state index in [2.05, 4.69) is 15.5 Å². The largest absolute Gasteiger partial charge is 0.508 e. The fourth-order valence-electron chi connectivity index (χ4n) is 1.76. The predicted octanol–water partition coefficient (Wildman–Crippen LogP) is 1.94. The summed E-state index contributed by atoms with van der Waals surface area (Å²) in [5.41, 5.74) is 0.838. The fourth-order valence-corrected chi connectivity index (χ4v) is 1.76. The van der Waals surface area contributed by atoms with Crippen LogP contribution < -0.4 is 5.32 Å². The zero-order chi connectivity index (χ0) is 12.4. The van der Waals surface area contributed by atoms with Crippen molar-refractivity contribution in [1.82, 2.24) is 15.5 Å². The molecule has 0 radical (unpaired) electrons. The van der Waals surface area contributed by atoms with Crippen LogP contribution in [0.2, 0.25) is 0 Å². The second-order valence-corrected chi connectivity index (χ2v) is 4.63. The smallest absolute Gasteiger partial charge is 0.240 e. The number of rotatable bonds is 5. The van der Waals surface area contributed by atoms with Gasteiger partial charge in [-0.25, -0.2) is 0 Å². The number of phenolic OH excluding ortho intramolecular Hbond substituents is 1. The summed E-state index contributed by atoms with van der Waals surface area (Å²) >= 11 is 0. The standard InChI is InChI=1S/C13H15N3O2/c17-11-5-3-10(4-6-11)13-15-12(18-16-13)8-14-7-9-1-2-9/h3-6,9,14,17H,1-2,7-8H2. The maximum Gasteiger partial charge on any atom is 0.240 e. The van der Waals surface area contributed by atoms with Crippen LogP contribution in [0.1, 0.15) is 18.7 Å². The van der Waals surface area contributed by atoms with Gasteiger partial charge in [-0.3, -0.25) is 0 Å². The molecule has 5 heteroatoms. The Labute approximate surface area is 105 Å². The lowest BCUT2D eigenvalue weighted by molar-refractivity contribution is 0.367. The van der Waals surface area contributed by atoms with Crippen LogP contribution in [0.5, 0.6) is 5.75 Å². The number of aromatic hydroxyl groups is 1. The third kappa shape index (κ3) is 2.68. The van der Waals surface area contributed by atoms with E-state index in [1.54, 1.807) is 24.3 Å². The summed E-state index contributed by atoms with van der Waals surface area (Å²) in [6, 6.07) is 6.75. The van der Waals surface area contributed by atoms with Crippen LogP contribution in [0.3, 0.4) is 0 Å². The normalized spacial score (nSPS) is 14.9. The fraction of sp³-hybridized carbons (Fsp3) is 0.385. The first kappa shape index (κ1) is 11.2. The number of hydrogen-bond donors (Lipinski definition) is 2. The van der Waals surface area contributed by atoms with E-state index in [1.165, 1.54) is 12.8 Å². The van der Waals surface area contributed by atoms with Crippen LogP contribution in [0.15, 0.2) is 28.8 Å². The van der Waals surface area contributed by atoms with Gasteiger partial charge in [0.25, 0.3) is 0 Å². The third-order valence-electron chi connectivity index (χ3n) is 3.00. The Morgan fingerprint density at radius 3 is 2.78 bits per heavy atom. The SMILES string of the molecule is Oc1ccc(-c2noc(CNCC3CC3)n2)cc1. The summed E-state index contributed by atoms with van der Waals surface area (Å²) in [6.45, 7) is 1.64. The predicted molar refractivity (Wildman–Crippen MR) is 65.8 cm³/mol. The van der Waals surface area contributed by atoms with E-state index in [0.29, 0.717) is 18.3 Å². The van der Waals surface area contributed by atoms with Crippen molar-refractivity contribution in [2.24, 2.45) is 5.92 Å². The molecule has 3 rings (SSSR count). The van der Waals surface area contributed by atoms with Crippen molar-refractivity contribution in [2.75, 3.05) is 6.54 Å². The molecule has 0 saturated heterocycles. The molecule has 1 saturated carbocycles. The molecule has 0 amide bonds. The lowest BCUT2D eigenvalue weighted by atomic mass is 10.2. The Morgan fingerprint density at radius 2 is 2.06 bits per heavy atom. The van der Waals surface area contributed by atoms with Gasteiger partial charge in [-0.15, -0.1) is 0 Å². The van der Waals surface area contributed by atoms with E-state index in [0.717, 1.165) is 18.0 Å². The van der Waals surface area contributed by atoms with Gasteiger partial charge in [0.2, 0.25) is 11.7 Å². The Hall–Kier alpha value is -1.88. The highest BCUT2D eigenvalue weighted by molar-refractivity contribution is 5.55. The highest BCUT2D eigenvalue weighted by Gasteiger charge is 2.20. The molecule has 1 aliphatic carbocycles. The zero-order valence-corrected chi connectivity index (χ0v) is 9.97. The van der Waals surface area contributed by atoms with E-state index >= 15 is 0 Å². The maximum atomic E-state index is 9.21. The monoisotopic (exact) mass is 245 g/mol. The minimum absolute atomic E-state index is 0.230. The third-order valence-corrected chi connectivity index (χ3v) is 3.00. The molecular formula is C13H15N3O2. The first-order valence-corrected chi connectivity index (χ1v) is 6.14. The van der Waals surface area contributed by atoms with Crippen LogP contribution >= 0.6 is 0 Å². The molecule has 1 aliphatic rings. The van der Waals surface area contributed by atoms with Gasteiger partial charge in [0.05, 0.1) is 6.54 Å². The number of hydrogen-bond acceptors (Lipinski definition) is 5. The van der Waals surface area contributed by atoms with Gasteiger partial charge in [0.15, 0.2) is 0 Å². The summed E-state index contributed by atoms with van der Waals surface area (Å²) in [5.74, 6) is 2.22. The summed E-state index contributed by atoms with van der Waals surface area (Å²) in [7, 11) is 0. The van der Waals surface area contributed by atoms with Crippen molar-refractivity contribution < 1.29 is 9.63 Å². The number of nitrogens with one attached hydrogen (secondary N) is 1. The highest BCUT2D eigenvalue weighted by atomic mass is 16.5. The van der Waals surface area contributed by atoms with Crippen LogP contribution in [0.4, 0.5) is 0 Å². The lowest BCUT2D eigenvalue weighted by Gasteiger charge is -1.97. The van der Waals surface area contributed by atoms with E-state index in [1.807, 2.05) is 0 Å². The number of phenols is 1. The molecule has 0 aliphatic heterocycles. The van der Waals surface area contributed by atoms with E-state index < -0.39 is 0 Å². The molecule has 1 aromatic heterocycles. The van der Waals surface area contributed by atoms with Crippen molar-refractivity contribution in [3.63, 3.8) is 0 Å². The zero-order valence-electron chi connectivity index (χ0n) is 9.97. The summed E-state index contributed by atoms with van der Waals surface area (Å²) < 4.78 is 5.17. The molecule has 2 aromatic rings. The van der Waals surface area contributed by atoms with Crippen molar-refractivity contribution in [1.29, 1.82) is 0 Å². The Kier molecular flexibility index (Phi) is 2.98. The van der Waals surface area contributed by atoms with Crippen molar-refractivity contribution in [3.8, 4) is 17.1 Å². The number of benzene rings is 1. The molecule has 1 aromatic carbocycles. The molecule has 0 bridgehead atoms. The molecule has 94 valence electrons. The first-order chi connectivity index (χ1) is 8.81. The van der Waals surface area contributed by atoms with Crippen LogP contribution in [-0.2, 0) is 6.54 Å². The van der Waals surface area contributed by atoms with Crippen LogP contribution in [0, 0.1) is 5.92 Å². The molecule has 1 heterocycles. The van der Waals surface area contributed by atoms with Gasteiger partial charge in [-0.1, -0.05) is 5.16 Å². The minimum Gasteiger partial charge on any atom is -0.508 e. The molecule has 0 unspecified atom stereocenters. The molecule has 18 heavy (non-hydrogen) atoms. The number of nitrogens with zero attached hydrogens (tertiary/aromatic N) is 2. The van der Waals surface area contributed by atoms with Crippen molar-refractivity contribution in [3.05, 3.63) is 30.2 Å². The van der Waals surface area contributed by atoms with Gasteiger partial charge in [0.1, 0.15) is 5.75 Å². The average Bonchev–Trinajstić information content (AvgIpc) is 3.08. The van der Waals surface area contributed by atoms with Crippen LogP contribution in [-0.4, -0.2) is 21.8 Å². The van der Waals surface area contributed by atoms with Crippen molar-refractivity contribution >= 4 is 0 Å². The quantitative estimate of drug-likeness (QED) is 0.842.